The van der Waals surface area contributed by atoms with Crippen LogP contribution in [0.15, 0.2) is 5.11 Å². The van der Waals surface area contributed by atoms with Crippen molar-refractivity contribution in [3.63, 3.8) is 0 Å². The maximum atomic E-state index is 9.32. The number of nitrogens with one attached hydrogen (secondary N) is 1. The van der Waals surface area contributed by atoms with Crippen LogP contribution in [0.5, 0.6) is 0 Å². The van der Waals surface area contributed by atoms with Gasteiger partial charge in [-0.1, -0.05) is 12.6 Å². The molecule has 0 rings (SSSR count). The van der Waals surface area contributed by atoms with Crippen molar-refractivity contribution in [2.45, 2.75) is 0 Å². The predicted molar refractivity (Wildman–Crippen MR) is 19.5 cm³/mol. The molecule has 0 heterocycles. The molecule has 0 aliphatic carbocycles. The molecule has 1 amide bonds. The summed E-state index contributed by atoms with van der Waals surface area (Å²) >= 11 is 3.10. The van der Waals surface area contributed by atoms with Gasteiger partial charge in [0, 0.05) is 0 Å². The topological polar surface area (TPSA) is 53.3 Å². The smallest absolute Gasteiger partial charge is 0.258 e. The van der Waals surface area contributed by atoms with Crippen LogP contribution in [0.25, 0.3) is 0 Å². The molecule has 1 N–H and O–H groups in total. The molecule has 0 aromatic heterocycles. The molecule has 0 unspecified atom stereocenters. The van der Waals surface area contributed by atoms with Crippen LogP contribution >= 0.6 is 12.6 Å². The van der Waals surface area contributed by atoms with Crippen LogP contribution in [0.3, 0.4) is 0 Å². The number of thiol groups is 1. The van der Waals surface area contributed by atoms with Gasteiger partial charge in [0.1, 0.15) is 0 Å². The summed E-state index contributed by atoms with van der Waals surface area (Å²) in [6.45, 7) is 0. The first-order chi connectivity index (χ1) is 2.27. The fraction of sp³-hybridized carbons (Fsp3) is 0. The normalized spacial score (nSPS) is 6.60. The van der Waals surface area contributed by atoms with Gasteiger partial charge in [0.15, 0.2) is 0 Å². The molecule has 0 aliphatic rings. The lowest BCUT2D eigenvalue weighted by Crippen LogP contribution is -1.62. The van der Waals surface area contributed by atoms with Crippen molar-refractivity contribution in [2.75, 3.05) is 0 Å². The number of nitrogens with zero attached hydrogens (tertiary/aromatic N) is 1. The maximum Gasteiger partial charge on any atom is 0.319 e. The largest absolute Gasteiger partial charge is 0.319 e. The first-order valence-electron chi connectivity index (χ1n) is 0.875. The molecular formula is CH2N2OS. The fourth-order valence-corrected chi connectivity index (χ4v) is 0. The van der Waals surface area contributed by atoms with Crippen molar-refractivity contribution in [3.05, 3.63) is 0 Å². The highest BCUT2D eigenvalue weighted by Gasteiger charge is 1.75. The van der Waals surface area contributed by atoms with Gasteiger partial charge in [-0.2, -0.15) is 0 Å². The fourth-order valence-electron chi connectivity index (χ4n) is 0. The van der Waals surface area contributed by atoms with E-state index in [0.29, 0.717) is 0 Å². The average Bonchev–Trinajstić information content (AvgIpc) is 1.38. The summed E-state index contributed by atoms with van der Waals surface area (Å²) in [7, 11) is 0. The molecule has 0 saturated heterocycles. The minimum atomic E-state index is -0.759. The van der Waals surface area contributed by atoms with E-state index in [9.17, 15) is 4.79 Å². The number of hydrogen-bond donors (Lipinski definition) is 2. The van der Waals surface area contributed by atoms with Crippen LogP contribution in [0, 0.1) is 5.53 Å². The van der Waals surface area contributed by atoms with Crippen LogP contribution in [-0.4, -0.2) is 5.24 Å². The quantitative estimate of drug-likeness (QED) is 0.339. The van der Waals surface area contributed by atoms with E-state index in [0.717, 1.165) is 0 Å². The Morgan fingerprint density at radius 3 is 2.20 bits per heavy atom. The standard InChI is InChI=1S/CH2N2OS/c2-3-1(4)5/h2H,(H,4,5). The summed E-state index contributed by atoms with van der Waals surface area (Å²) in [5.41, 5.74) is 5.86. The number of carbonyl (C=O) groups is 1. The Kier molecular flexibility index (Phi) is 1.75. The van der Waals surface area contributed by atoms with E-state index < -0.39 is 5.24 Å². The van der Waals surface area contributed by atoms with Crippen LogP contribution in [-0.2, 0) is 0 Å². The SMILES string of the molecule is N=NC(=O)S. The van der Waals surface area contributed by atoms with Crippen LogP contribution in [0.4, 0.5) is 4.79 Å². The van der Waals surface area contributed by atoms with Crippen LogP contribution in [0.1, 0.15) is 0 Å². The Bertz CT molecular complexity index is 60.7. The van der Waals surface area contributed by atoms with E-state index in [2.05, 4.69) is 17.7 Å². The highest BCUT2D eigenvalue weighted by Crippen LogP contribution is 1.77. The zero-order valence-corrected chi connectivity index (χ0v) is 3.20. The lowest BCUT2D eigenvalue weighted by Gasteiger charge is -1.60. The van der Waals surface area contributed by atoms with E-state index in [1.807, 2.05) is 0 Å². The van der Waals surface area contributed by atoms with Crippen molar-refractivity contribution in [1.82, 2.24) is 0 Å². The first kappa shape index (κ1) is 4.62. The number of rotatable bonds is 0. The zero-order chi connectivity index (χ0) is 4.28. The molecule has 0 bridgehead atoms. The van der Waals surface area contributed by atoms with Crippen LogP contribution in [0.2, 0.25) is 0 Å². The maximum absolute atomic E-state index is 9.32. The molecule has 3 nitrogen and oxygen atoms in total. The molecule has 0 spiro atoms. The zero-order valence-electron chi connectivity index (χ0n) is 2.30. The third kappa shape index (κ3) is 3.62. The van der Waals surface area contributed by atoms with Crippen molar-refractivity contribution in [2.24, 2.45) is 5.11 Å². The summed E-state index contributed by atoms with van der Waals surface area (Å²) in [5, 5.41) is 1.60. The van der Waals surface area contributed by atoms with Crippen LogP contribution < -0.4 is 0 Å². The highest BCUT2D eigenvalue weighted by atomic mass is 32.1. The summed E-state index contributed by atoms with van der Waals surface area (Å²) in [5.74, 6) is 0. The molecule has 28 valence electrons. The molecule has 0 aromatic rings. The Labute approximate surface area is 34.3 Å². The van der Waals surface area contributed by atoms with Crippen molar-refractivity contribution >= 4 is 17.9 Å². The predicted octanol–water partition coefficient (Wildman–Crippen LogP) is 1.07. The van der Waals surface area contributed by atoms with Gasteiger partial charge >= 0.3 is 5.24 Å². The van der Waals surface area contributed by atoms with E-state index in [1.165, 1.54) is 0 Å². The third-order valence-electron chi connectivity index (χ3n) is 0.0956. The highest BCUT2D eigenvalue weighted by molar-refractivity contribution is 7.96. The van der Waals surface area contributed by atoms with Crippen molar-refractivity contribution in [1.29, 1.82) is 5.53 Å². The molecular weight excluding hydrogens is 88.1 g/mol. The van der Waals surface area contributed by atoms with Gasteiger partial charge in [0.2, 0.25) is 0 Å². The van der Waals surface area contributed by atoms with Gasteiger partial charge in [-0.05, 0) is 0 Å². The lowest BCUT2D eigenvalue weighted by molar-refractivity contribution is 0.266. The average molecular weight is 90.1 g/mol. The summed E-state index contributed by atoms with van der Waals surface area (Å²) in [4.78, 5) is 9.32. The monoisotopic (exact) mass is 90.0 g/mol. The Morgan fingerprint density at radius 1 is 2.00 bits per heavy atom. The lowest BCUT2D eigenvalue weighted by atomic mass is 11.4. The van der Waals surface area contributed by atoms with Gasteiger partial charge in [-0.3, -0.25) is 4.79 Å². The second-order valence-electron chi connectivity index (χ2n) is 0.394. The minimum absolute atomic E-state index is 0.759. The summed E-state index contributed by atoms with van der Waals surface area (Å²) in [6, 6.07) is 0. The molecule has 0 fully saturated rings. The van der Waals surface area contributed by atoms with Crippen molar-refractivity contribution in [3.8, 4) is 0 Å². The van der Waals surface area contributed by atoms with E-state index >= 15 is 0 Å². The summed E-state index contributed by atoms with van der Waals surface area (Å²) < 4.78 is 0. The number of amides is 1. The van der Waals surface area contributed by atoms with Gasteiger partial charge in [0.05, 0.1) is 0 Å². The van der Waals surface area contributed by atoms with Gasteiger partial charge in [0.25, 0.3) is 0 Å². The molecule has 0 aromatic carbocycles. The van der Waals surface area contributed by atoms with Crippen molar-refractivity contribution < 1.29 is 4.79 Å². The Balaban J connectivity index is 3.20. The van der Waals surface area contributed by atoms with E-state index in [1.54, 1.807) is 0 Å². The molecule has 0 saturated carbocycles. The second-order valence-corrected chi connectivity index (χ2v) is 0.777. The third-order valence-corrected chi connectivity index (χ3v) is 0.196. The molecule has 0 radical (unpaired) electrons. The molecule has 0 atom stereocenters. The van der Waals surface area contributed by atoms with E-state index in [-0.39, 0.29) is 0 Å². The Morgan fingerprint density at radius 2 is 2.20 bits per heavy atom. The van der Waals surface area contributed by atoms with Gasteiger partial charge < -0.3 is 0 Å². The first-order valence-corrected chi connectivity index (χ1v) is 1.32. The van der Waals surface area contributed by atoms with Gasteiger partial charge in [-0.25, -0.2) is 5.53 Å². The molecule has 0 aliphatic heterocycles. The van der Waals surface area contributed by atoms with Gasteiger partial charge in [-0.15, -0.1) is 5.11 Å². The molecule has 5 heavy (non-hydrogen) atoms. The second kappa shape index (κ2) is 1.90. The minimum Gasteiger partial charge on any atom is -0.258 e. The Hall–Kier alpha value is -0.380. The summed E-state index contributed by atoms with van der Waals surface area (Å²) in [6.07, 6.45) is 0. The number of carbonyl (C=O) groups excluding carboxylic acids is 1. The van der Waals surface area contributed by atoms with E-state index in [4.69, 9.17) is 5.53 Å². The molecule has 4 heteroatoms. The number of hydrogen-bond acceptors (Lipinski definition) is 2.